The molecular weight excluding hydrogens is 236 g/mol. The minimum absolute atomic E-state index is 0.0558. The molecule has 0 fully saturated rings. The van der Waals surface area contributed by atoms with Gasteiger partial charge in [0.25, 0.3) is 5.82 Å². The summed E-state index contributed by atoms with van der Waals surface area (Å²) in [6.45, 7) is 1.62. The highest BCUT2D eigenvalue weighted by atomic mass is 16.5. The molecule has 2 rings (SSSR count). The molecular formula is C11H12N4O3. The Morgan fingerprint density at radius 1 is 1.50 bits per heavy atom. The second kappa shape index (κ2) is 4.92. The van der Waals surface area contributed by atoms with Gasteiger partial charge in [0, 0.05) is 11.8 Å². The highest BCUT2D eigenvalue weighted by molar-refractivity contribution is 5.84. The van der Waals surface area contributed by atoms with Crippen LogP contribution in [0.4, 0.5) is 0 Å². The zero-order valence-corrected chi connectivity index (χ0v) is 9.94. The van der Waals surface area contributed by atoms with Crippen LogP contribution in [0.3, 0.4) is 0 Å². The second-order valence-corrected chi connectivity index (χ2v) is 3.60. The summed E-state index contributed by atoms with van der Waals surface area (Å²) < 4.78 is 5.84. The molecule has 0 aliphatic carbocycles. The van der Waals surface area contributed by atoms with Crippen LogP contribution in [0.1, 0.15) is 29.2 Å². The lowest BCUT2D eigenvalue weighted by Crippen LogP contribution is -2.08. The number of methoxy groups -OCH3 is 1. The van der Waals surface area contributed by atoms with Crippen molar-refractivity contribution in [2.75, 3.05) is 7.11 Å². The fourth-order valence-corrected chi connectivity index (χ4v) is 1.48. The number of esters is 1. The first-order chi connectivity index (χ1) is 8.63. The molecule has 0 amide bonds. The van der Waals surface area contributed by atoms with Crippen molar-refractivity contribution in [2.24, 2.45) is 0 Å². The van der Waals surface area contributed by atoms with Crippen LogP contribution in [0.15, 0.2) is 24.7 Å². The zero-order valence-electron chi connectivity index (χ0n) is 9.94. The molecule has 0 aliphatic rings. The smallest absolute Gasteiger partial charge is 0.377 e. The van der Waals surface area contributed by atoms with Crippen LogP contribution < -0.4 is 0 Å². The monoisotopic (exact) mass is 248 g/mol. The van der Waals surface area contributed by atoms with E-state index in [9.17, 15) is 9.90 Å². The molecule has 0 aromatic carbocycles. The Labute approximate surface area is 103 Å². The number of aliphatic hydroxyl groups is 1. The average Bonchev–Trinajstić information content (AvgIpc) is 2.87. The highest BCUT2D eigenvalue weighted by Crippen LogP contribution is 2.18. The summed E-state index contributed by atoms with van der Waals surface area (Å²) in [5, 5.41) is 13.6. The molecule has 18 heavy (non-hydrogen) atoms. The first-order valence-electron chi connectivity index (χ1n) is 5.27. The molecule has 7 heteroatoms. The van der Waals surface area contributed by atoms with E-state index in [0.29, 0.717) is 11.4 Å². The first-order valence-corrected chi connectivity index (χ1v) is 5.27. The number of ether oxygens (including phenoxy) is 1. The van der Waals surface area contributed by atoms with E-state index in [2.05, 4.69) is 19.8 Å². The van der Waals surface area contributed by atoms with Gasteiger partial charge in [-0.25, -0.2) is 19.4 Å². The molecule has 2 aromatic rings. The van der Waals surface area contributed by atoms with Gasteiger partial charge >= 0.3 is 5.97 Å². The van der Waals surface area contributed by atoms with Crippen LogP contribution in [0.5, 0.6) is 0 Å². The molecule has 7 nitrogen and oxygen atoms in total. The normalized spacial score (nSPS) is 12.2. The topological polar surface area (TPSA) is 90.1 Å². The summed E-state index contributed by atoms with van der Waals surface area (Å²) in [6, 6.07) is 3.44. The number of aromatic nitrogens is 4. The van der Waals surface area contributed by atoms with Crippen molar-refractivity contribution in [3.63, 3.8) is 0 Å². The number of nitrogens with zero attached hydrogens (tertiary/aromatic N) is 4. The number of carbonyl (C=O) groups is 1. The molecule has 1 atom stereocenters. The number of aliphatic hydroxyl groups excluding tert-OH is 1. The SMILES string of the molecule is COC(=O)c1ncn(-c2ncccc2[C@H](C)O)n1. The van der Waals surface area contributed by atoms with Crippen LogP contribution in [0.25, 0.3) is 5.82 Å². The molecule has 1 N–H and O–H groups in total. The van der Waals surface area contributed by atoms with Gasteiger partial charge in [-0.05, 0) is 13.0 Å². The van der Waals surface area contributed by atoms with Gasteiger partial charge in [-0.3, -0.25) is 0 Å². The van der Waals surface area contributed by atoms with Crippen LogP contribution >= 0.6 is 0 Å². The van der Waals surface area contributed by atoms with Gasteiger partial charge < -0.3 is 9.84 Å². The molecule has 0 saturated heterocycles. The largest absolute Gasteiger partial charge is 0.463 e. The fourth-order valence-electron chi connectivity index (χ4n) is 1.48. The van der Waals surface area contributed by atoms with E-state index in [1.54, 1.807) is 25.3 Å². The van der Waals surface area contributed by atoms with Crippen molar-refractivity contribution in [1.82, 2.24) is 19.7 Å². The van der Waals surface area contributed by atoms with Crippen molar-refractivity contribution in [3.8, 4) is 5.82 Å². The van der Waals surface area contributed by atoms with E-state index >= 15 is 0 Å². The van der Waals surface area contributed by atoms with E-state index in [-0.39, 0.29) is 5.82 Å². The second-order valence-electron chi connectivity index (χ2n) is 3.60. The minimum atomic E-state index is -0.695. The summed E-state index contributed by atoms with van der Waals surface area (Å²) in [7, 11) is 1.25. The Bertz CT molecular complexity index is 565. The molecule has 2 aromatic heterocycles. The predicted molar refractivity (Wildman–Crippen MR) is 61.1 cm³/mol. The van der Waals surface area contributed by atoms with Gasteiger partial charge in [-0.2, -0.15) is 0 Å². The lowest BCUT2D eigenvalue weighted by molar-refractivity contribution is 0.0587. The Morgan fingerprint density at radius 3 is 2.94 bits per heavy atom. The minimum Gasteiger partial charge on any atom is -0.463 e. The van der Waals surface area contributed by atoms with Crippen molar-refractivity contribution < 1.29 is 14.6 Å². The lowest BCUT2D eigenvalue weighted by Gasteiger charge is -2.09. The Kier molecular flexibility index (Phi) is 3.33. The third-order valence-electron chi connectivity index (χ3n) is 2.34. The standard InChI is InChI=1S/C11H12N4O3/c1-7(16)8-4-3-5-12-10(8)15-6-13-9(14-15)11(17)18-2/h3-7,16H,1-2H3/t7-/m0/s1. The van der Waals surface area contributed by atoms with Crippen molar-refractivity contribution in [2.45, 2.75) is 13.0 Å². The summed E-state index contributed by atoms with van der Waals surface area (Å²) in [6.07, 6.45) is 2.22. The molecule has 2 heterocycles. The van der Waals surface area contributed by atoms with Gasteiger partial charge in [0.2, 0.25) is 0 Å². The van der Waals surface area contributed by atoms with E-state index < -0.39 is 12.1 Å². The predicted octanol–water partition coefficient (Wildman–Crippen LogP) is 0.502. The molecule has 0 unspecified atom stereocenters. The number of hydrogen-bond acceptors (Lipinski definition) is 6. The highest BCUT2D eigenvalue weighted by Gasteiger charge is 2.15. The molecule has 0 bridgehead atoms. The summed E-state index contributed by atoms with van der Waals surface area (Å²) in [5.41, 5.74) is 0.596. The van der Waals surface area contributed by atoms with Gasteiger partial charge in [-0.1, -0.05) is 6.07 Å². The van der Waals surface area contributed by atoms with E-state index in [1.807, 2.05) is 0 Å². The first kappa shape index (κ1) is 12.2. The maximum Gasteiger partial charge on any atom is 0.377 e. The molecule has 0 saturated carbocycles. The molecule has 0 spiro atoms. The number of pyridine rings is 1. The fraction of sp³-hybridized carbons (Fsp3) is 0.273. The van der Waals surface area contributed by atoms with E-state index in [0.717, 1.165) is 0 Å². The van der Waals surface area contributed by atoms with Crippen molar-refractivity contribution >= 4 is 5.97 Å². The lowest BCUT2D eigenvalue weighted by atomic mass is 10.1. The maximum atomic E-state index is 11.2. The maximum absolute atomic E-state index is 11.2. The summed E-state index contributed by atoms with van der Waals surface area (Å²) >= 11 is 0. The van der Waals surface area contributed by atoms with Gasteiger partial charge in [0.15, 0.2) is 5.82 Å². The molecule has 0 aliphatic heterocycles. The van der Waals surface area contributed by atoms with Crippen molar-refractivity contribution in [1.29, 1.82) is 0 Å². The quantitative estimate of drug-likeness (QED) is 0.795. The number of carbonyl (C=O) groups excluding carboxylic acids is 1. The van der Waals surface area contributed by atoms with Crippen LogP contribution in [0.2, 0.25) is 0 Å². The van der Waals surface area contributed by atoms with Crippen LogP contribution in [0, 0.1) is 0 Å². The third-order valence-corrected chi connectivity index (χ3v) is 2.34. The van der Waals surface area contributed by atoms with Crippen molar-refractivity contribution in [3.05, 3.63) is 36.0 Å². The third kappa shape index (κ3) is 2.21. The molecule has 94 valence electrons. The summed E-state index contributed by atoms with van der Waals surface area (Å²) in [5.74, 6) is -0.252. The van der Waals surface area contributed by atoms with Gasteiger partial charge in [0.05, 0.1) is 13.2 Å². The average molecular weight is 248 g/mol. The van der Waals surface area contributed by atoms with E-state index in [4.69, 9.17) is 0 Å². The number of rotatable bonds is 3. The zero-order chi connectivity index (χ0) is 13.1. The summed E-state index contributed by atoms with van der Waals surface area (Å²) in [4.78, 5) is 19.2. The Hall–Kier alpha value is -2.28. The Balaban J connectivity index is 2.43. The van der Waals surface area contributed by atoms with Gasteiger partial charge in [0.1, 0.15) is 6.33 Å². The van der Waals surface area contributed by atoms with Crippen LogP contribution in [-0.4, -0.2) is 37.9 Å². The number of hydrogen-bond donors (Lipinski definition) is 1. The van der Waals surface area contributed by atoms with Crippen LogP contribution in [-0.2, 0) is 4.74 Å². The van der Waals surface area contributed by atoms with E-state index in [1.165, 1.54) is 18.1 Å². The Morgan fingerprint density at radius 2 is 2.28 bits per heavy atom. The molecule has 0 radical (unpaired) electrons. The van der Waals surface area contributed by atoms with Gasteiger partial charge in [-0.15, -0.1) is 5.10 Å².